The van der Waals surface area contributed by atoms with Crippen molar-refractivity contribution in [3.05, 3.63) is 118 Å². The molecular formula is C48H60N6O2S2+2. The molecule has 0 bridgehead atoms. The Morgan fingerprint density at radius 3 is 1.84 bits per heavy atom. The number of hydrogen-bond donors (Lipinski definition) is 3. The summed E-state index contributed by atoms with van der Waals surface area (Å²) >= 11 is 0. The van der Waals surface area contributed by atoms with Crippen LogP contribution in [0.15, 0.2) is 78.7 Å². The Kier molecular flexibility index (Phi) is 14.1. The first-order chi connectivity index (χ1) is 28.6. The molecule has 2 amide bonds. The lowest BCUT2D eigenvalue weighted by molar-refractivity contribution is -0.851. The van der Waals surface area contributed by atoms with Gasteiger partial charge in [0.15, 0.2) is 12.7 Å². The number of aryl methyl sites for hydroxylation is 5. The zero-order valence-corrected chi connectivity index (χ0v) is 35.6. The van der Waals surface area contributed by atoms with Crippen molar-refractivity contribution in [2.24, 2.45) is 0 Å². The predicted octanol–water partition coefficient (Wildman–Crippen LogP) is 5.99. The molecule has 3 N–H and O–H groups in total. The summed E-state index contributed by atoms with van der Waals surface area (Å²) in [6.07, 6.45) is 28.1. The Morgan fingerprint density at radius 1 is 0.707 bits per heavy atom. The monoisotopic (exact) mass is 816 g/mol. The average molecular weight is 817 g/mol. The van der Waals surface area contributed by atoms with Gasteiger partial charge in [-0.15, -0.1) is 0 Å². The van der Waals surface area contributed by atoms with Crippen LogP contribution in [0.5, 0.6) is 0 Å². The lowest BCUT2D eigenvalue weighted by Crippen LogP contribution is -3.10. The molecule has 58 heavy (non-hydrogen) atoms. The summed E-state index contributed by atoms with van der Waals surface area (Å²) in [5.41, 5.74) is 13.9. The van der Waals surface area contributed by atoms with Gasteiger partial charge in [0, 0.05) is 80.4 Å². The second kappa shape index (κ2) is 20.1. The molecule has 5 aliphatic heterocycles. The number of nitrogens with zero attached hydrogens (tertiary/aromatic N) is 3. The molecule has 0 saturated heterocycles. The summed E-state index contributed by atoms with van der Waals surface area (Å²) in [7, 11) is 3.48. The van der Waals surface area contributed by atoms with E-state index in [0.29, 0.717) is 32.5 Å². The third-order valence-electron chi connectivity index (χ3n) is 12.1. The van der Waals surface area contributed by atoms with Crippen molar-refractivity contribution in [2.45, 2.75) is 70.8 Å². The van der Waals surface area contributed by atoms with Crippen molar-refractivity contribution in [1.29, 1.82) is 0 Å². The molecule has 3 aromatic rings. The van der Waals surface area contributed by atoms with E-state index < -0.39 is 0 Å². The van der Waals surface area contributed by atoms with Crippen molar-refractivity contribution < 1.29 is 19.1 Å². The van der Waals surface area contributed by atoms with Gasteiger partial charge in [0.05, 0.1) is 19.4 Å². The SMILES string of the molecule is O=C(CC[n+]1ccccc1/C=C/c1cc2c3c(c1)CCCN3CCC2)NCCSSCCNC(=O)CC[NH+]1CC=CC=C1/C=C/c1cc2c3c(c1)CCCN3CCC2. The van der Waals surface area contributed by atoms with Crippen LogP contribution in [0.3, 0.4) is 0 Å². The van der Waals surface area contributed by atoms with Gasteiger partial charge in [-0.2, -0.15) is 4.57 Å². The maximum atomic E-state index is 12.7. The van der Waals surface area contributed by atoms with Gasteiger partial charge in [0.1, 0.15) is 12.2 Å². The Balaban J connectivity index is 0.695. The quantitative estimate of drug-likeness (QED) is 0.0885. The molecule has 0 saturated carbocycles. The van der Waals surface area contributed by atoms with Gasteiger partial charge in [-0.3, -0.25) is 14.5 Å². The predicted molar refractivity (Wildman–Crippen MR) is 243 cm³/mol. The van der Waals surface area contributed by atoms with E-state index in [2.05, 4.69) is 110 Å². The number of benzene rings is 2. The highest BCUT2D eigenvalue weighted by molar-refractivity contribution is 8.76. The minimum Gasteiger partial charge on any atom is -0.371 e. The summed E-state index contributed by atoms with van der Waals surface area (Å²) < 4.78 is 2.16. The van der Waals surface area contributed by atoms with Crippen LogP contribution >= 0.6 is 21.6 Å². The van der Waals surface area contributed by atoms with E-state index in [1.54, 1.807) is 21.6 Å². The number of hydrogen-bond acceptors (Lipinski definition) is 6. The van der Waals surface area contributed by atoms with E-state index in [1.165, 1.54) is 133 Å². The number of rotatable bonds is 17. The van der Waals surface area contributed by atoms with Gasteiger partial charge in [-0.05, 0) is 145 Å². The first-order valence-corrected chi connectivity index (χ1v) is 24.2. The van der Waals surface area contributed by atoms with Crippen LogP contribution in [-0.4, -0.2) is 75.7 Å². The molecule has 8 rings (SSSR count). The molecule has 5 aliphatic rings. The Hall–Kier alpha value is -4.25. The molecule has 2 aromatic carbocycles. The van der Waals surface area contributed by atoms with Crippen molar-refractivity contribution in [3.63, 3.8) is 0 Å². The van der Waals surface area contributed by atoms with Gasteiger partial charge >= 0.3 is 0 Å². The second-order valence-electron chi connectivity index (χ2n) is 16.2. The topological polar surface area (TPSA) is 73.0 Å². The molecule has 1 unspecified atom stereocenters. The largest absolute Gasteiger partial charge is 0.371 e. The molecule has 1 atom stereocenters. The number of amides is 2. The van der Waals surface area contributed by atoms with Crippen LogP contribution in [0.25, 0.3) is 18.2 Å². The summed E-state index contributed by atoms with van der Waals surface area (Å²) in [4.78, 5) is 32.0. The normalized spacial score (nSPS) is 18.3. The number of carbonyl (C=O) groups is 2. The van der Waals surface area contributed by atoms with Crippen LogP contribution in [0.4, 0.5) is 11.4 Å². The number of allylic oxidation sites excluding steroid dienone is 3. The highest BCUT2D eigenvalue weighted by atomic mass is 33.1. The number of anilines is 2. The van der Waals surface area contributed by atoms with E-state index >= 15 is 0 Å². The molecule has 0 radical (unpaired) electrons. The van der Waals surface area contributed by atoms with Crippen molar-refractivity contribution in [3.8, 4) is 0 Å². The smallest absolute Gasteiger partial charge is 0.226 e. The van der Waals surface area contributed by atoms with Gasteiger partial charge in [0.2, 0.25) is 17.5 Å². The standard InChI is InChI=1S/C48H58N6O2S2/c55-45(19-29-51-23-3-1-13-43(51)17-15-37-33-39-9-5-25-53-26-6-10-40(34-37)47(39)53)49-21-31-57-58-32-22-50-46(56)20-30-52-24-4-2-14-44(52)18-16-38-35-41-11-7-27-54-28-8-12-42(36-38)48(41)54/h1-4,13-18,23,33-36H,5-12,19-22,24-32H2,(H-,49,50,55,56)/p+2/b18-16+. The first kappa shape index (κ1) is 40.5. The average Bonchev–Trinajstić information content (AvgIpc) is 3.25. The van der Waals surface area contributed by atoms with E-state index in [1.807, 2.05) is 6.07 Å². The third kappa shape index (κ3) is 10.5. The summed E-state index contributed by atoms with van der Waals surface area (Å²) in [6, 6.07) is 15.7. The van der Waals surface area contributed by atoms with E-state index in [4.69, 9.17) is 0 Å². The fourth-order valence-corrected chi connectivity index (χ4v) is 11.2. The second-order valence-corrected chi connectivity index (χ2v) is 18.9. The van der Waals surface area contributed by atoms with Crippen LogP contribution in [0.2, 0.25) is 0 Å². The van der Waals surface area contributed by atoms with E-state index in [-0.39, 0.29) is 11.8 Å². The molecule has 0 spiro atoms. The van der Waals surface area contributed by atoms with E-state index in [9.17, 15) is 9.59 Å². The van der Waals surface area contributed by atoms with Crippen LogP contribution < -0.4 is 29.9 Å². The Labute approximate surface area is 353 Å². The summed E-state index contributed by atoms with van der Waals surface area (Å²) in [5.74, 6) is 1.85. The molecule has 1 aromatic heterocycles. The van der Waals surface area contributed by atoms with Crippen LogP contribution in [0.1, 0.15) is 77.6 Å². The third-order valence-corrected chi connectivity index (χ3v) is 14.5. The highest BCUT2D eigenvalue weighted by Crippen LogP contribution is 2.37. The Morgan fingerprint density at radius 2 is 1.26 bits per heavy atom. The maximum Gasteiger partial charge on any atom is 0.226 e. The fourth-order valence-electron chi connectivity index (χ4n) is 9.35. The maximum absolute atomic E-state index is 12.7. The molecule has 304 valence electrons. The summed E-state index contributed by atoms with van der Waals surface area (Å²) in [5, 5.41) is 6.19. The van der Waals surface area contributed by atoms with Gasteiger partial charge in [0.25, 0.3) is 0 Å². The lowest BCUT2D eigenvalue weighted by atomic mass is 9.90. The van der Waals surface area contributed by atoms with Crippen molar-refractivity contribution >= 4 is 63.0 Å². The fraction of sp³-hybridized carbons (Fsp3) is 0.438. The van der Waals surface area contributed by atoms with E-state index in [0.717, 1.165) is 30.3 Å². The minimum atomic E-state index is 0.0712. The molecule has 8 nitrogen and oxygen atoms in total. The lowest BCUT2D eigenvalue weighted by Gasteiger charge is -2.37. The molecule has 0 fully saturated rings. The summed E-state index contributed by atoms with van der Waals surface area (Å²) in [6.45, 7) is 8.38. The molecule has 10 heteroatoms. The minimum absolute atomic E-state index is 0.0712. The molecule has 6 heterocycles. The number of carbonyl (C=O) groups excluding carboxylic acids is 2. The number of aromatic nitrogens is 1. The van der Waals surface area contributed by atoms with Crippen LogP contribution in [-0.2, 0) is 41.8 Å². The number of quaternary nitrogens is 1. The Bertz CT molecular complexity index is 2010. The zero-order valence-electron chi connectivity index (χ0n) is 34.0. The van der Waals surface area contributed by atoms with Gasteiger partial charge in [-0.25, -0.2) is 0 Å². The van der Waals surface area contributed by atoms with Crippen molar-refractivity contribution in [2.75, 3.05) is 73.7 Å². The van der Waals surface area contributed by atoms with Gasteiger partial charge in [-0.1, -0.05) is 27.7 Å². The van der Waals surface area contributed by atoms with Gasteiger partial charge < -0.3 is 20.4 Å². The van der Waals surface area contributed by atoms with Crippen LogP contribution in [0, 0.1) is 0 Å². The molecular weight excluding hydrogens is 757 g/mol. The number of pyridine rings is 1. The highest BCUT2D eigenvalue weighted by Gasteiger charge is 2.25. The zero-order chi connectivity index (χ0) is 39.5. The van der Waals surface area contributed by atoms with Crippen molar-refractivity contribution in [1.82, 2.24) is 10.6 Å². The molecule has 0 aliphatic carbocycles. The number of nitrogens with one attached hydrogen (secondary N) is 3. The first-order valence-electron chi connectivity index (χ1n) is 21.7.